The maximum atomic E-state index is 12.2. The van der Waals surface area contributed by atoms with Gasteiger partial charge in [-0.1, -0.05) is 18.2 Å². The van der Waals surface area contributed by atoms with Crippen LogP contribution in [-0.4, -0.2) is 46.1 Å². The summed E-state index contributed by atoms with van der Waals surface area (Å²) < 4.78 is 5.12. The zero-order chi connectivity index (χ0) is 19.2. The van der Waals surface area contributed by atoms with Gasteiger partial charge in [0.05, 0.1) is 0 Å². The molecule has 0 bridgehead atoms. The van der Waals surface area contributed by atoms with E-state index in [1.165, 1.54) is 6.33 Å². The fourth-order valence-corrected chi connectivity index (χ4v) is 2.26. The van der Waals surface area contributed by atoms with Crippen LogP contribution in [-0.2, 0) is 16.1 Å². The van der Waals surface area contributed by atoms with E-state index in [9.17, 15) is 9.59 Å². The van der Waals surface area contributed by atoms with E-state index < -0.39 is 11.7 Å². The highest BCUT2D eigenvalue weighted by Gasteiger charge is 2.17. The molecule has 0 atom stereocenters. The van der Waals surface area contributed by atoms with E-state index in [0.29, 0.717) is 6.54 Å². The summed E-state index contributed by atoms with van der Waals surface area (Å²) >= 11 is 0. The number of ether oxygens (including phenoxy) is 1. The van der Waals surface area contributed by atoms with Gasteiger partial charge in [0.25, 0.3) is 0 Å². The van der Waals surface area contributed by atoms with E-state index >= 15 is 0 Å². The molecule has 138 valence electrons. The third-order valence-corrected chi connectivity index (χ3v) is 3.45. The molecule has 2 aromatic rings. The monoisotopic (exact) mass is 356 g/mol. The average Bonchev–Trinajstić information content (AvgIpc) is 2.59. The van der Waals surface area contributed by atoms with Crippen molar-refractivity contribution in [2.45, 2.75) is 32.9 Å². The molecule has 26 heavy (non-hydrogen) atoms. The van der Waals surface area contributed by atoms with Gasteiger partial charge in [0.2, 0.25) is 5.91 Å². The quantitative estimate of drug-likeness (QED) is 0.890. The predicted octanol–water partition coefficient (Wildman–Crippen LogP) is 2.63. The first-order chi connectivity index (χ1) is 12.2. The van der Waals surface area contributed by atoms with Gasteiger partial charge in [-0.3, -0.25) is 4.79 Å². The lowest BCUT2D eigenvalue weighted by atomic mass is 10.1. The van der Waals surface area contributed by atoms with Crippen LogP contribution in [0.2, 0.25) is 0 Å². The molecule has 0 spiro atoms. The second kappa shape index (κ2) is 8.42. The summed E-state index contributed by atoms with van der Waals surface area (Å²) in [4.78, 5) is 33.4. The van der Waals surface area contributed by atoms with Crippen molar-refractivity contribution in [1.82, 2.24) is 20.2 Å². The van der Waals surface area contributed by atoms with Gasteiger partial charge >= 0.3 is 6.09 Å². The summed E-state index contributed by atoms with van der Waals surface area (Å²) in [5.74, 6) is -0.204. The van der Waals surface area contributed by atoms with Gasteiger partial charge in [0.1, 0.15) is 18.5 Å². The Morgan fingerprint density at radius 2 is 1.85 bits per heavy atom. The lowest BCUT2D eigenvalue weighted by Crippen LogP contribution is -2.40. The normalized spacial score (nSPS) is 10.9. The summed E-state index contributed by atoms with van der Waals surface area (Å²) in [5, 5.41) is 2.47. The van der Waals surface area contributed by atoms with Crippen molar-refractivity contribution in [2.75, 3.05) is 13.6 Å². The third-order valence-electron chi connectivity index (χ3n) is 3.45. The van der Waals surface area contributed by atoms with Crippen molar-refractivity contribution < 1.29 is 14.3 Å². The van der Waals surface area contributed by atoms with E-state index in [2.05, 4.69) is 15.3 Å². The standard InChI is InChI=1S/C19H24N4O3/c1-19(2,3)26-18(25)22-11-17(24)23(4)12-14-6-5-7-15(8-14)16-9-20-13-21-10-16/h5-10,13H,11-12H2,1-4H3,(H,22,25). The maximum absolute atomic E-state index is 12.2. The molecular weight excluding hydrogens is 332 g/mol. The Morgan fingerprint density at radius 1 is 1.15 bits per heavy atom. The molecule has 0 radical (unpaired) electrons. The Balaban J connectivity index is 1.92. The van der Waals surface area contributed by atoms with Gasteiger partial charge in [-0.2, -0.15) is 0 Å². The smallest absolute Gasteiger partial charge is 0.408 e. The highest BCUT2D eigenvalue weighted by molar-refractivity contribution is 5.82. The Morgan fingerprint density at radius 3 is 2.50 bits per heavy atom. The van der Waals surface area contributed by atoms with Gasteiger partial charge in [0, 0.05) is 31.5 Å². The second-order valence-corrected chi connectivity index (χ2v) is 6.93. The fourth-order valence-electron chi connectivity index (χ4n) is 2.26. The van der Waals surface area contributed by atoms with Crippen molar-refractivity contribution in [2.24, 2.45) is 0 Å². The number of amides is 2. The van der Waals surface area contributed by atoms with E-state index in [4.69, 9.17) is 4.74 Å². The van der Waals surface area contributed by atoms with Crippen LogP contribution >= 0.6 is 0 Å². The Labute approximate surface area is 153 Å². The van der Waals surface area contributed by atoms with Crippen LogP contribution in [0, 0.1) is 0 Å². The van der Waals surface area contributed by atoms with E-state index in [-0.39, 0.29) is 12.5 Å². The first-order valence-electron chi connectivity index (χ1n) is 8.30. The van der Waals surface area contributed by atoms with Crippen molar-refractivity contribution in [3.63, 3.8) is 0 Å². The minimum atomic E-state index is -0.606. The molecule has 1 aromatic carbocycles. The summed E-state index contributed by atoms with van der Waals surface area (Å²) in [6.07, 6.45) is 4.36. The summed E-state index contributed by atoms with van der Waals surface area (Å²) in [6.45, 7) is 5.62. The van der Waals surface area contributed by atoms with Gasteiger partial charge in [0.15, 0.2) is 0 Å². The SMILES string of the molecule is CN(Cc1cccc(-c2cncnc2)c1)C(=O)CNC(=O)OC(C)(C)C. The van der Waals surface area contributed by atoms with Crippen LogP contribution < -0.4 is 5.32 Å². The van der Waals surface area contributed by atoms with Gasteiger partial charge in [-0.05, 0) is 38.0 Å². The molecule has 0 saturated carbocycles. The Bertz CT molecular complexity index is 757. The first kappa shape index (κ1) is 19.4. The molecule has 2 amide bonds. The number of rotatable bonds is 5. The van der Waals surface area contributed by atoms with Gasteiger partial charge in [-0.25, -0.2) is 14.8 Å². The first-order valence-corrected chi connectivity index (χ1v) is 8.30. The number of aromatic nitrogens is 2. The zero-order valence-electron chi connectivity index (χ0n) is 15.5. The molecule has 1 N–H and O–H groups in total. The number of hydrogen-bond acceptors (Lipinski definition) is 5. The topological polar surface area (TPSA) is 84.4 Å². The van der Waals surface area contributed by atoms with E-state index in [1.807, 2.05) is 24.3 Å². The molecule has 0 unspecified atom stereocenters. The number of alkyl carbamates (subject to hydrolysis) is 1. The largest absolute Gasteiger partial charge is 0.444 e. The Kier molecular flexibility index (Phi) is 6.27. The summed E-state index contributed by atoms with van der Waals surface area (Å²) in [7, 11) is 1.69. The minimum Gasteiger partial charge on any atom is -0.444 e. The number of carbonyl (C=O) groups is 2. The number of carbonyl (C=O) groups excluding carboxylic acids is 2. The Hall–Kier alpha value is -2.96. The lowest BCUT2D eigenvalue weighted by molar-refractivity contribution is -0.129. The lowest BCUT2D eigenvalue weighted by Gasteiger charge is -2.21. The molecule has 7 heteroatoms. The van der Waals surface area contributed by atoms with Crippen LogP contribution in [0.4, 0.5) is 4.79 Å². The van der Waals surface area contributed by atoms with Gasteiger partial charge < -0.3 is 15.0 Å². The van der Waals surface area contributed by atoms with Crippen molar-refractivity contribution in [3.8, 4) is 11.1 Å². The molecule has 7 nitrogen and oxygen atoms in total. The number of hydrogen-bond donors (Lipinski definition) is 1. The molecule has 0 saturated heterocycles. The van der Waals surface area contributed by atoms with Crippen molar-refractivity contribution >= 4 is 12.0 Å². The molecule has 1 aromatic heterocycles. The highest BCUT2D eigenvalue weighted by Crippen LogP contribution is 2.19. The predicted molar refractivity (Wildman–Crippen MR) is 98.2 cm³/mol. The summed E-state index contributed by atoms with van der Waals surface area (Å²) in [6, 6.07) is 7.82. The van der Waals surface area contributed by atoms with Crippen LogP contribution in [0.1, 0.15) is 26.3 Å². The average molecular weight is 356 g/mol. The van der Waals surface area contributed by atoms with E-state index in [1.54, 1.807) is 45.1 Å². The van der Waals surface area contributed by atoms with Crippen LogP contribution in [0.3, 0.4) is 0 Å². The molecule has 0 aliphatic heterocycles. The van der Waals surface area contributed by atoms with E-state index in [0.717, 1.165) is 16.7 Å². The van der Waals surface area contributed by atoms with Crippen LogP contribution in [0.15, 0.2) is 43.0 Å². The second-order valence-electron chi connectivity index (χ2n) is 6.93. The summed E-state index contributed by atoms with van der Waals surface area (Å²) in [5.41, 5.74) is 2.27. The van der Waals surface area contributed by atoms with Gasteiger partial charge in [-0.15, -0.1) is 0 Å². The van der Waals surface area contributed by atoms with Crippen molar-refractivity contribution in [3.05, 3.63) is 48.5 Å². The number of benzene rings is 1. The van der Waals surface area contributed by atoms with Crippen molar-refractivity contribution in [1.29, 1.82) is 0 Å². The fraction of sp³-hybridized carbons (Fsp3) is 0.368. The van der Waals surface area contributed by atoms with Crippen LogP contribution in [0.5, 0.6) is 0 Å². The maximum Gasteiger partial charge on any atom is 0.408 e. The third kappa shape index (κ3) is 6.16. The number of likely N-dealkylation sites (N-methyl/N-ethyl adjacent to an activating group) is 1. The molecule has 0 aliphatic rings. The zero-order valence-corrected chi connectivity index (χ0v) is 15.5. The molecule has 0 aliphatic carbocycles. The number of nitrogens with zero attached hydrogens (tertiary/aromatic N) is 3. The minimum absolute atomic E-state index is 0.113. The van der Waals surface area contributed by atoms with Crippen LogP contribution in [0.25, 0.3) is 11.1 Å². The molecule has 1 heterocycles. The highest BCUT2D eigenvalue weighted by atomic mass is 16.6. The molecular formula is C19H24N4O3. The molecule has 0 fully saturated rings. The molecule has 2 rings (SSSR count). The number of nitrogens with one attached hydrogen (secondary N) is 1.